The van der Waals surface area contributed by atoms with Gasteiger partial charge in [0.05, 0.1) is 11.5 Å². The number of benzene rings is 1. The number of esters is 1. The summed E-state index contributed by atoms with van der Waals surface area (Å²) in [5, 5.41) is 11.0. The molecule has 0 spiro atoms. The molecule has 1 N–H and O–H groups in total. The Morgan fingerprint density at radius 2 is 2.04 bits per heavy atom. The Kier molecular flexibility index (Phi) is 6.57. The summed E-state index contributed by atoms with van der Waals surface area (Å²) < 4.78 is 33.0. The van der Waals surface area contributed by atoms with Crippen molar-refractivity contribution in [3.63, 3.8) is 0 Å². The van der Waals surface area contributed by atoms with Crippen LogP contribution in [0.4, 0.5) is 0 Å². The number of halogens is 1. The Morgan fingerprint density at radius 3 is 2.71 bits per heavy atom. The van der Waals surface area contributed by atoms with E-state index in [0.717, 1.165) is 11.8 Å². The number of hydrogen-bond acceptors (Lipinski definition) is 9. The molecule has 1 aromatic heterocycles. The van der Waals surface area contributed by atoms with Gasteiger partial charge in [0.25, 0.3) is 11.1 Å². The molecule has 1 aliphatic heterocycles. The van der Waals surface area contributed by atoms with Gasteiger partial charge in [-0.1, -0.05) is 23.4 Å². The van der Waals surface area contributed by atoms with Gasteiger partial charge in [-0.05, 0) is 30.7 Å². The fraction of sp³-hybridized carbons (Fsp3) is 0.375. The van der Waals surface area contributed by atoms with Crippen LogP contribution in [-0.2, 0) is 24.2 Å². The molecule has 1 fully saturated rings. The fourth-order valence-electron chi connectivity index (χ4n) is 2.46. The number of rotatable bonds is 7. The van der Waals surface area contributed by atoms with E-state index >= 15 is 0 Å². The summed E-state index contributed by atoms with van der Waals surface area (Å²) in [4.78, 5) is 23.5. The van der Waals surface area contributed by atoms with Gasteiger partial charge in [0, 0.05) is 16.6 Å². The number of ether oxygens (including phenoxy) is 1. The van der Waals surface area contributed by atoms with Crippen LogP contribution in [0, 0.1) is 0 Å². The zero-order valence-electron chi connectivity index (χ0n) is 14.5. The number of hydrogen-bond donors (Lipinski definition) is 1. The van der Waals surface area contributed by atoms with Gasteiger partial charge in [-0.2, -0.15) is 0 Å². The molecule has 2 heterocycles. The van der Waals surface area contributed by atoms with Crippen molar-refractivity contribution >= 4 is 45.1 Å². The Bertz CT molecular complexity index is 961. The smallest absolute Gasteiger partial charge is 0.316 e. The number of nitrogens with one attached hydrogen (secondary N) is 1. The lowest BCUT2D eigenvalue weighted by Crippen LogP contribution is -2.38. The van der Waals surface area contributed by atoms with Gasteiger partial charge >= 0.3 is 5.97 Å². The third kappa shape index (κ3) is 5.94. The highest BCUT2D eigenvalue weighted by atomic mass is 35.5. The third-order valence-electron chi connectivity index (χ3n) is 3.77. The summed E-state index contributed by atoms with van der Waals surface area (Å²) in [7, 11) is -3.09. The standard InChI is InChI=1S/C16H16ClN3O6S2/c17-11-3-1-10(2-4-11)15-19-20-16(26-15)27-8-14(22)25-7-13(21)18-12-5-6-28(23,24)9-12/h1-4,12H,5-9H2,(H,18,21). The van der Waals surface area contributed by atoms with Crippen LogP contribution in [0.1, 0.15) is 6.42 Å². The number of aromatic nitrogens is 2. The highest BCUT2D eigenvalue weighted by Gasteiger charge is 2.29. The first-order valence-electron chi connectivity index (χ1n) is 8.18. The Hall–Kier alpha value is -2.11. The van der Waals surface area contributed by atoms with E-state index in [4.69, 9.17) is 20.8 Å². The molecule has 150 valence electrons. The van der Waals surface area contributed by atoms with Gasteiger partial charge < -0.3 is 14.5 Å². The maximum absolute atomic E-state index is 11.8. The quantitative estimate of drug-likeness (QED) is 0.495. The molecule has 1 saturated heterocycles. The Labute approximate surface area is 170 Å². The van der Waals surface area contributed by atoms with E-state index in [9.17, 15) is 18.0 Å². The summed E-state index contributed by atoms with van der Waals surface area (Å²) in [6.07, 6.45) is 0.366. The van der Waals surface area contributed by atoms with Crippen LogP contribution < -0.4 is 5.32 Å². The van der Waals surface area contributed by atoms with Gasteiger partial charge in [-0.3, -0.25) is 9.59 Å². The van der Waals surface area contributed by atoms with Gasteiger partial charge in [0.15, 0.2) is 16.4 Å². The minimum absolute atomic E-state index is 0.0521. The second-order valence-electron chi connectivity index (χ2n) is 6.00. The molecule has 1 unspecified atom stereocenters. The van der Waals surface area contributed by atoms with Crippen LogP contribution >= 0.6 is 23.4 Å². The average molecular weight is 446 g/mol. The van der Waals surface area contributed by atoms with E-state index < -0.39 is 34.4 Å². The van der Waals surface area contributed by atoms with Crippen molar-refractivity contribution in [3.05, 3.63) is 29.3 Å². The highest BCUT2D eigenvalue weighted by Crippen LogP contribution is 2.24. The number of thioether (sulfide) groups is 1. The largest absolute Gasteiger partial charge is 0.455 e. The number of nitrogens with zero attached hydrogens (tertiary/aromatic N) is 2. The molecule has 0 saturated carbocycles. The molecule has 1 amide bonds. The second-order valence-corrected chi connectivity index (χ2v) is 9.59. The molecule has 2 aromatic rings. The van der Waals surface area contributed by atoms with Crippen LogP contribution in [0.25, 0.3) is 11.5 Å². The van der Waals surface area contributed by atoms with E-state index in [0.29, 0.717) is 22.9 Å². The average Bonchev–Trinajstić information content (AvgIpc) is 3.25. The number of sulfone groups is 1. The molecular weight excluding hydrogens is 430 g/mol. The van der Waals surface area contributed by atoms with Crippen molar-refractivity contribution in [3.8, 4) is 11.5 Å². The predicted molar refractivity (Wildman–Crippen MR) is 102 cm³/mol. The lowest BCUT2D eigenvalue weighted by molar-refractivity contribution is -0.146. The lowest BCUT2D eigenvalue weighted by atomic mass is 10.2. The monoisotopic (exact) mass is 445 g/mol. The van der Waals surface area contributed by atoms with Crippen LogP contribution in [0.3, 0.4) is 0 Å². The lowest BCUT2D eigenvalue weighted by Gasteiger charge is -2.10. The zero-order valence-corrected chi connectivity index (χ0v) is 16.8. The summed E-state index contributed by atoms with van der Waals surface area (Å²) in [6, 6.07) is 6.41. The molecule has 3 rings (SSSR count). The molecule has 1 aromatic carbocycles. The van der Waals surface area contributed by atoms with Crippen LogP contribution in [0.15, 0.2) is 33.9 Å². The predicted octanol–water partition coefficient (Wildman–Crippen LogP) is 1.33. The first kappa shape index (κ1) is 20.6. The second kappa shape index (κ2) is 8.93. The molecule has 0 bridgehead atoms. The van der Waals surface area contributed by atoms with Crippen molar-refractivity contribution in [2.75, 3.05) is 23.9 Å². The van der Waals surface area contributed by atoms with Crippen molar-refractivity contribution in [2.45, 2.75) is 17.7 Å². The minimum Gasteiger partial charge on any atom is -0.455 e. The van der Waals surface area contributed by atoms with Crippen molar-refractivity contribution in [1.29, 1.82) is 0 Å². The van der Waals surface area contributed by atoms with E-state index in [-0.39, 0.29) is 22.5 Å². The van der Waals surface area contributed by atoms with Crippen LogP contribution in [-0.4, -0.2) is 60.4 Å². The maximum Gasteiger partial charge on any atom is 0.316 e. The minimum atomic E-state index is -3.09. The normalized spacial score (nSPS) is 18.0. The molecule has 28 heavy (non-hydrogen) atoms. The van der Waals surface area contributed by atoms with Gasteiger partial charge in [-0.15, -0.1) is 10.2 Å². The SMILES string of the molecule is O=C(COC(=O)CSc1nnc(-c2ccc(Cl)cc2)o1)NC1CCS(=O)(=O)C1. The molecule has 9 nitrogen and oxygen atoms in total. The van der Waals surface area contributed by atoms with E-state index in [1.165, 1.54) is 0 Å². The maximum atomic E-state index is 11.8. The number of carbonyl (C=O) groups is 2. The molecule has 0 aliphatic carbocycles. The van der Waals surface area contributed by atoms with E-state index in [2.05, 4.69) is 15.5 Å². The summed E-state index contributed by atoms with van der Waals surface area (Å²) >= 11 is 6.80. The van der Waals surface area contributed by atoms with E-state index in [1.807, 2.05) is 0 Å². The molecule has 1 atom stereocenters. The molecular formula is C16H16ClN3O6S2. The van der Waals surface area contributed by atoms with Crippen LogP contribution in [0.2, 0.25) is 5.02 Å². The van der Waals surface area contributed by atoms with Gasteiger partial charge in [-0.25, -0.2) is 8.42 Å². The molecule has 1 aliphatic rings. The first-order valence-corrected chi connectivity index (χ1v) is 11.4. The van der Waals surface area contributed by atoms with E-state index in [1.54, 1.807) is 24.3 Å². The fourth-order valence-corrected chi connectivity index (χ4v) is 4.82. The van der Waals surface area contributed by atoms with Crippen molar-refractivity contribution in [2.24, 2.45) is 0 Å². The first-order chi connectivity index (χ1) is 13.3. The Balaban J connectivity index is 1.40. The van der Waals surface area contributed by atoms with Crippen LogP contribution in [0.5, 0.6) is 0 Å². The topological polar surface area (TPSA) is 128 Å². The third-order valence-corrected chi connectivity index (χ3v) is 6.58. The summed E-state index contributed by atoms with van der Waals surface area (Å²) in [6.45, 7) is -0.476. The zero-order chi connectivity index (χ0) is 20.1. The van der Waals surface area contributed by atoms with Gasteiger partial charge in [0.2, 0.25) is 5.89 Å². The summed E-state index contributed by atoms with van der Waals surface area (Å²) in [5.74, 6) is -1.04. The Morgan fingerprint density at radius 1 is 1.29 bits per heavy atom. The van der Waals surface area contributed by atoms with Crippen molar-refractivity contribution < 1.29 is 27.2 Å². The van der Waals surface area contributed by atoms with Gasteiger partial charge in [0.1, 0.15) is 5.75 Å². The van der Waals surface area contributed by atoms with Crippen molar-refractivity contribution in [1.82, 2.24) is 15.5 Å². The summed E-state index contributed by atoms with van der Waals surface area (Å²) in [5.41, 5.74) is 0.692. The molecule has 0 radical (unpaired) electrons. The number of amides is 1. The number of carbonyl (C=O) groups excluding carboxylic acids is 2. The molecule has 12 heteroatoms. The highest BCUT2D eigenvalue weighted by molar-refractivity contribution is 7.99.